The van der Waals surface area contributed by atoms with Gasteiger partial charge >= 0.3 is 0 Å². The summed E-state index contributed by atoms with van der Waals surface area (Å²) in [5.41, 5.74) is 1.44. The first kappa shape index (κ1) is 13.8. The first-order valence-corrected chi connectivity index (χ1v) is 6.01. The van der Waals surface area contributed by atoms with Crippen molar-refractivity contribution >= 4 is 0 Å². The van der Waals surface area contributed by atoms with Crippen LogP contribution >= 0.6 is 0 Å². The largest absolute Gasteiger partial charge is 0.497 e. The molecule has 0 fully saturated rings. The Morgan fingerprint density at radius 3 is 2.95 bits per heavy atom. The van der Waals surface area contributed by atoms with Gasteiger partial charge in [-0.15, -0.1) is 0 Å². The number of nitrogens with zero attached hydrogens (tertiary/aromatic N) is 2. The molecule has 0 aliphatic heterocycles. The summed E-state index contributed by atoms with van der Waals surface area (Å²) in [6.07, 6.45) is 2.93. The van der Waals surface area contributed by atoms with E-state index in [4.69, 9.17) is 9.84 Å². The summed E-state index contributed by atoms with van der Waals surface area (Å²) in [5, 5.41) is 8.79. The minimum Gasteiger partial charge on any atom is -0.497 e. The number of aliphatic hydroxyl groups is 1. The molecule has 0 unspecified atom stereocenters. The average Bonchev–Trinajstić information content (AvgIpc) is 2.48. The summed E-state index contributed by atoms with van der Waals surface area (Å²) >= 11 is 0. The number of benzene rings is 1. The summed E-state index contributed by atoms with van der Waals surface area (Å²) in [6.45, 7) is 0.137. The summed E-state index contributed by atoms with van der Waals surface area (Å²) in [4.78, 5) is 15.7. The number of rotatable bonds is 3. The molecule has 1 aromatic heterocycles. The molecule has 2 aromatic rings. The van der Waals surface area contributed by atoms with E-state index in [1.165, 1.54) is 23.2 Å². The molecule has 2 rings (SSSR count). The van der Waals surface area contributed by atoms with Gasteiger partial charge in [-0.05, 0) is 23.8 Å². The van der Waals surface area contributed by atoms with Crippen LogP contribution in [0.5, 0.6) is 5.75 Å². The fourth-order valence-electron chi connectivity index (χ4n) is 1.77. The van der Waals surface area contributed by atoms with E-state index in [1.807, 2.05) is 6.07 Å². The molecule has 0 aliphatic carbocycles. The van der Waals surface area contributed by atoms with Crippen LogP contribution < -0.4 is 10.3 Å². The number of aliphatic hydroxyl groups excluding tert-OH is 1. The Balaban J connectivity index is 2.42. The third kappa shape index (κ3) is 3.25. The summed E-state index contributed by atoms with van der Waals surface area (Å²) < 4.78 is 6.67. The topological polar surface area (TPSA) is 64.3 Å². The Morgan fingerprint density at radius 1 is 1.40 bits per heavy atom. The molecule has 0 atom stereocenters. The second-order valence-corrected chi connectivity index (χ2v) is 4.03. The van der Waals surface area contributed by atoms with Crippen molar-refractivity contribution in [2.45, 2.75) is 6.54 Å². The van der Waals surface area contributed by atoms with E-state index in [-0.39, 0.29) is 12.2 Å². The minimum absolute atomic E-state index is 0.135. The standard InChI is InChI=1S/C15H14N2O3/c1-20-14-5-4-12(3-2-8-18)13(9-14)10-17-11-16-7-6-15(17)19/h4-7,9,11,18H,8,10H2,1H3. The van der Waals surface area contributed by atoms with Gasteiger partial charge in [-0.3, -0.25) is 9.36 Å². The van der Waals surface area contributed by atoms with Crippen molar-refractivity contribution in [3.63, 3.8) is 0 Å². The fourth-order valence-corrected chi connectivity index (χ4v) is 1.77. The van der Waals surface area contributed by atoms with Gasteiger partial charge in [0.2, 0.25) is 0 Å². The third-order valence-corrected chi connectivity index (χ3v) is 2.75. The fraction of sp³-hybridized carbons (Fsp3) is 0.200. The van der Waals surface area contributed by atoms with Gasteiger partial charge in [0.1, 0.15) is 12.4 Å². The van der Waals surface area contributed by atoms with Crippen LogP contribution in [0.4, 0.5) is 0 Å². The van der Waals surface area contributed by atoms with Crippen molar-refractivity contribution < 1.29 is 9.84 Å². The molecule has 0 bridgehead atoms. The van der Waals surface area contributed by atoms with Gasteiger partial charge in [-0.2, -0.15) is 0 Å². The molecule has 0 spiro atoms. The van der Waals surface area contributed by atoms with Crippen molar-refractivity contribution in [2.24, 2.45) is 0 Å². The molecule has 1 N–H and O–H groups in total. The van der Waals surface area contributed by atoms with E-state index < -0.39 is 0 Å². The van der Waals surface area contributed by atoms with Crippen LogP contribution in [0.3, 0.4) is 0 Å². The zero-order valence-electron chi connectivity index (χ0n) is 11.0. The highest BCUT2D eigenvalue weighted by Gasteiger charge is 2.05. The molecule has 0 saturated heterocycles. The molecule has 5 nitrogen and oxygen atoms in total. The Labute approximate surface area is 116 Å². The van der Waals surface area contributed by atoms with E-state index >= 15 is 0 Å². The predicted molar refractivity (Wildman–Crippen MR) is 74.6 cm³/mol. The molecule has 0 amide bonds. The van der Waals surface area contributed by atoms with Crippen LogP contribution in [-0.2, 0) is 6.54 Å². The van der Waals surface area contributed by atoms with Crippen molar-refractivity contribution in [3.8, 4) is 17.6 Å². The maximum atomic E-state index is 11.7. The lowest BCUT2D eigenvalue weighted by molar-refractivity contribution is 0.350. The van der Waals surface area contributed by atoms with Gasteiger partial charge in [-0.1, -0.05) is 11.8 Å². The van der Waals surface area contributed by atoms with E-state index in [1.54, 1.807) is 19.2 Å². The second-order valence-electron chi connectivity index (χ2n) is 4.03. The van der Waals surface area contributed by atoms with Crippen LogP contribution in [0, 0.1) is 11.8 Å². The Kier molecular flexibility index (Phi) is 4.53. The van der Waals surface area contributed by atoms with Gasteiger partial charge in [0.05, 0.1) is 20.0 Å². The molecule has 0 aliphatic rings. The number of hydrogen-bond donors (Lipinski definition) is 1. The van der Waals surface area contributed by atoms with Crippen LogP contribution in [0.25, 0.3) is 0 Å². The maximum Gasteiger partial charge on any atom is 0.253 e. The van der Waals surface area contributed by atoms with Crippen molar-refractivity contribution in [2.75, 3.05) is 13.7 Å². The van der Waals surface area contributed by atoms with Gasteiger partial charge in [-0.25, -0.2) is 4.98 Å². The quantitative estimate of drug-likeness (QED) is 0.831. The van der Waals surface area contributed by atoms with Gasteiger partial charge in [0.25, 0.3) is 5.56 Å². The normalized spacial score (nSPS) is 9.70. The van der Waals surface area contributed by atoms with E-state index in [0.29, 0.717) is 12.3 Å². The summed E-state index contributed by atoms with van der Waals surface area (Å²) in [6, 6.07) is 6.81. The zero-order valence-corrected chi connectivity index (χ0v) is 11.0. The van der Waals surface area contributed by atoms with Crippen LogP contribution in [0.1, 0.15) is 11.1 Å². The number of hydrogen-bond acceptors (Lipinski definition) is 4. The van der Waals surface area contributed by atoms with Crippen molar-refractivity contribution in [3.05, 3.63) is 58.3 Å². The molecule has 102 valence electrons. The zero-order chi connectivity index (χ0) is 14.4. The molecule has 0 saturated carbocycles. The van der Waals surface area contributed by atoms with Crippen molar-refractivity contribution in [1.29, 1.82) is 0 Å². The Morgan fingerprint density at radius 2 is 2.25 bits per heavy atom. The highest BCUT2D eigenvalue weighted by atomic mass is 16.5. The lowest BCUT2D eigenvalue weighted by atomic mass is 10.1. The predicted octanol–water partition coefficient (Wildman–Crippen LogP) is 0.644. The molecule has 1 heterocycles. The summed E-state index contributed by atoms with van der Waals surface area (Å²) in [5.74, 6) is 6.15. The van der Waals surface area contributed by atoms with Crippen LogP contribution in [0.15, 0.2) is 41.6 Å². The maximum absolute atomic E-state index is 11.7. The van der Waals surface area contributed by atoms with E-state index in [9.17, 15) is 4.79 Å². The van der Waals surface area contributed by atoms with Crippen LogP contribution in [-0.4, -0.2) is 28.4 Å². The Bertz CT molecular complexity index is 711. The highest BCUT2D eigenvalue weighted by molar-refractivity contribution is 5.45. The number of ether oxygens (including phenoxy) is 1. The third-order valence-electron chi connectivity index (χ3n) is 2.75. The highest BCUT2D eigenvalue weighted by Crippen LogP contribution is 2.17. The first-order chi connectivity index (χ1) is 9.74. The SMILES string of the molecule is COc1ccc(C#CCO)c(Cn2cnccc2=O)c1. The Hall–Kier alpha value is -2.58. The minimum atomic E-state index is -0.210. The lowest BCUT2D eigenvalue weighted by Crippen LogP contribution is -2.19. The molecule has 0 radical (unpaired) electrons. The molecule has 5 heteroatoms. The molecular weight excluding hydrogens is 256 g/mol. The van der Waals surface area contributed by atoms with Gasteiger partial charge < -0.3 is 9.84 Å². The smallest absolute Gasteiger partial charge is 0.253 e. The first-order valence-electron chi connectivity index (χ1n) is 6.01. The number of aromatic nitrogens is 2. The molecular formula is C15H14N2O3. The van der Waals surface area contributed by atoms with Crippen LogP contribution in [0.2, 0.25) is 0 Å². The molecule has 1 aromatic carbocycles. The lowest BCUT2D eigenvalue weighted by Gasteiger charge is -2.09. The second kappa shape index (κ2) is 6.55. The van der Waals surface area contributed by atoms with Gasteiger partial charge in [0.15, 0.2) is 0 Å². The van der Waals surface area contributed by atoms with Gasteiger partial charge in [0, 0.05) is 17.8 Å². The number of methoxy groups -OCH3 is 1. The van der Waals surface area contributed by atoms with Crippen molar-refractivity contribution in [1.82, 2.24) is 9.55 Å². The molecule has 20 heavy (non-hydrogen) atoms. The average molecular weight is 270 g/mol. The monoisotopic (exact) mass is 270 g/mol. The van der Waals surface area contributed by atoms with E-state index in [2.05, 4.69) is 16.8 Å². The summed E-state index contributed by atoms with van der Waals surface area (Å²) in [7, 11) is 1.58. The van der Waals surface area contributed by atoms with E-state index in [0.717, 1.165) is 11.1 Å².